The Morgan fingerprint density at radius 1 is 1.47 bits per heavy atom. The number of esters is 1. The predicted molar refractivity (Wildman–Crippen MR) is 55.3 cm³/mol. The number of rotatable bonds is 2. The van der Waals surface area contributed by atoms with Gasteiger partial charge >= 0.3 is 5.97 Å². The molecule has 4 heteroatoms. The smallest absolute Gasteiger partial charge is 0.305 e. The normalized spacial score (nSPS) is 20.3. The highest BCUT2D eigenvalue weighted by molar-refractivity contribution is 5.66. The molecule has 1 aromatic rings. The summed E-state index contributed by atoms with van der Waals surface area (Å²) in [7, 11) is 0. The van der Waals surface area contributed by atoms with E-state index in [9.17, 15) is 4.79 Å². The Bertz CT molecular complexity index is 339. The van der Waals surface area contributed by atoms with Crippen molar-refractivity contribution in [3.63, 3.8) is 0 Å². The van der Waals surface area contributed by atoms with Gasteiger partial charge in [0, 0.05) is 12.6 Å². The van der Waals surface area contributed by atoms with Crippen molar-refractivity contribution in [1.29, 1.82) is 0 Å². The van der Waals surface area contributed by atoms with Crippen LogP contribution in [0.25, 0.3) is 0 Å². The van der Waals surface area contributed by atoms with E-state index in [0.717, 1.165) is 5.69 Å². The van der Waals surface area contributed by atoms with Crippen molar-refractivity contribution in [2.75, 3.05) is 18.2 Å². The molecule has 1 aromatic carbocycles. The summed E-state index contributed by atoms with van der Waals surface area (Å²) in [5.41, 5.74) is 1.08. The molecule has 0 aromatic heterocycles. The van der Waals surface area contributed by atoms with E-state index in [1.54, 1.807) is 0 Å². The zero-order valence-corrected chi connectivity index (χ0v) is 8.55. The summed E-state index contributed by atoms with van der Waals surface area (Å²) in [5, 5.41) is 0. The molecule has 0 radical (unpaired) electrons. The lowest BCUT2D eigenvalue weighted by atomic mass is 10.3. The number of benzene rings is 1. The highest BCUT2D eigenvalue weighted by Gasteiger charge is 2.25. The number of nitrogens with zero attached hydrogens (tertiary/aromatic N) is 1. The van der Waals surface area contributed by atoms with E-state index in [0.29, 0.717) is 13.3 Å². The molecule has 4 nitrogen and oxygen atoms in total. The van der Waals surface area contributed by atoms with E-state index in [1.807, 2.05) is 35.2 Å². The van der Waals surface area contributed by atoms with Crippen molar-refractivity contribution in [2.24, 2.45) is 0 Å². The van der Waals surface area contributed by atoms with Crippen LogP contribution in [-0.4, -0.2) is 25.5 Å². The quantitative estimate of drug-likeness (QED) is 0.686. The van der Waals surface area contributed by atoms with Crippen LogP contribution < -0.4 is 4.90 Å². The lowest BCUT2D eigenvalue weighted by Crippen LogP contribution is -2.24. The third-order valence-corrected chi connectivity index (χ3v) is 2.20. The van der Waals surface area contributed by atoms with Gasteiger partial charge in [-0.3, -0.25) is 4.79 Å². The number of carbonyl (C=O) groups excluding carboxylic acids is 1. The minimum absolute atomic E-state index is 0.310. The molecule has 1 heterocycles. The van der Waals surface area contributed by atoms with Gasteiger partial charge in [0.1, 0.15) is 6.73 Å². The van der Waals surface area contributed by atoms with Gasteiger partial charge in [0.25, 0.3) is 0 Å². The third-order valence-electron chi connectivity index (χ3n) is 2.20. The van der Waals surface area contributed by atoms with Gasteiger partial charge in [-0.05, 0) is 12.1 Å². The first kappa shape index (κ1) is 9.98. The second-order valence-electron chi connectivity index (χ2n) is 3.39. The average Bonchev–Trinajstić information content (AvgIpc) is 2.67. The SMILES string of the molecule is CC(=O)OC1CN(c2ccccc2)CO1. The van der Waals surface area contributed by atoms with Crippen molar-refractivity contribution in [2.45, 2.75) is 13.2 Å². The molecule has 0 spiro atoms. The maximum Gasteiger partial charge on any atom is 0.305 e. The summed E-state index contributed by atoms with van der Waals surface area (Å²) in [4.78, 5) is 12.7. The first-order valence-electron chi connectivity index (χ1n) is 4.84. The lowest BCUT2D eigenvalue weighted by Gasteiger charge is -2.15. The molecule has 1 saturated heterocycles. The van der Waals surface area contributed by atoms with E-state index in [2.05, 4.69) is 0 Å². The topological polar surface area (TPSA) is 38.8 Å². The Labute approximate surface area is 88.4 Å². The second-order valence-corrected chi connectivity index (χ2v) is 3.39. The van der Waals surface area contributed by atoms with Crippen LogP contribution in [-0.2, 0) is 14.3 Å². The van der Waals surface area contributed by atoms with Crippen LogP contribution in [0.15, 0.2) is 30.3 Å². The Kier molecular flexibility index (Phi) is 2.87. The highest BCUT2D eigenvalue weighted by atomic mass is 16.7. The van der Waals surface area contributed by atoms with Crippen molar-refractivity contribution >= 4 is 11.7 Å². The Morgan fingerprint density at radius 3 is 2.87 bits per heavy atom. The summed E-state index contributed by atoms with van der Waals surface area (Å²) < 4.78 is 10.3. The predicted octanol–water partition coefficient (Wildman–Crippen LogP) is 1.37. The molecule has 0 amide bonds. The molecule has 1 atom stereocenters. The number of para-hydroxylation sites is 1. The fraction of sp³-hybridized carbons (Fsp3) is 0.364. The van der Waals surface area contributed by atoms with Crippen molar-refractivity contribution in [3.8, 4) is 0 Å². The van der Waals surface area contributed by atoms with Crippen LogP contribution in [0.2, 0.25) is 0 Å². The number of carbonyl (C=O) groups is 1. The maximum absolute atomic E-state index is 10.7. The molecular weight excluding hydrogens is 194 g/mol. The zero-order valence-electron chi connectivity index (χ0n) is 8.55. The van der Waals surface area contributed by atoms with E-state index in [1.165, 1.54) is 6.92 Å². The molecule has 0 aliphatic carbocycles. The van der Waals surface area contributed by atoms with E-state index < -0.39 is 6.29 Å². The minimum atomic E-state index is -0.442. The molecule has 1 unspecified atom stereocenters. The molecular formula is C11H13NO3. The summed E-state index contributed by atoms with van der Waals surface area (Å²) in [6, 6.07) is 9.89. The summed E-state index contributed by atoms with van der Waals surface area (Å²) in [6.07, 6.45) is -0.442. The highest BCUT2D eigenvalue weighted by Crippen LogP contribution is 2.19. The van der Waals surface area contributed by atoms with Gasteiger partial charge in [-0.25, -0.2) is 0 Å². The maximum atomic E-state index is 10.7. The van der Waals surface area contributed by atoms with Gasteiger partial charge < -0.3 is 14.4 Å². The fourth-order valence-electron chi connectivity index (χ4n) is 1.53. The third kappa shape index (κ3) is 2.47. The molecule has 15 heavy (non-hydrogen) atoms. The first-order valence-corrected chi connectivity index (χ1v) is 4.84. The van der Waals surface area contributed by atoms with Gasteiger partial charge in [-0.15, -0.1) is 0 Å². The summed E-state index contributed by atoms with van der Waals surface area (Å²) in [6.45, 7) is 2.43. The lowest BCUT2D eigenvalue weighted by molar-refractivity contribution is -0.165. The number of hydrogen-bond acceptors (Lipinski definition) is 4. The largest absolute Gasteiger partial charge is 0.434 e. The minimum Gasteiger partial charge on any atom is -0.434 e. The standard InChI is InChI=1S/C11H13NO3/c1-9(13)15-11-7-12(8-14-11)10-5-3-2-4-6-10/h2-6,11H,7-8H2,1H3. The van der Waals surface area contributed by atoms with Crippen molar-refractivity contribution < 1.29 is 14.3 Å². The van der Waals surface area contributed by atoms with Crippen LogP contribution in [0, 0.1) is 0 Å². The Morgan fingerprint density at radius 2 is 2.20 bits per heavy atom. The van der Waals surface area contributed by atoms with E-state index in [4.69, 9.17) is 9.47 Å². The first-order chi connectivity index (χ1) is 7.25. The average molecular weight is 207 g/mol. The molecule has 1 fully saturated rings. The molecule has 1 aliphatic rings. The molecule has 2 rings (SSSR count). The van der Waals surface area contributed by atoms with Crippen LogP contribution >= 0.6 is 0 Å². The van der Waals surface area contributed by atoms with Crippen LogP contribution in [0.4, 0.5) is 5.69 Å². The number of ether oxygens (including phenoxy) is 2. The monoisotopic (exact) mass is 207 g/mol. The van der Waals surface area contributed by atoms with Crippen LogP contribution in [0.5, 0.6) is 0 Å². The Balaban J connectivity index is 1.96. The van der Waals surface area contributed by atoms with Gasteiger partial charge in [0.05, 0.1) is 6.54 Å². The van der Waals surface area contributed by atoms with Crippen molar-refractivity contribution in [1.82, 2.24) is 0 Å². The van der Waals surface area contributed by atoms with Gasteiger partial charge in [0.15, 0.2) is 0 Å². The van der Waals surface area contributed by atoms with Crippen LogP contribution in [0.3, 0.4) is 0 Å². The number of anilines is 1. The number of hydrogen-bond donors (Lipinski definition) is 0. The zero-order chi connectivity index (χ0) is 10.7. The van der Waals surface area contributed by atoms with Gasteiger partial charge in [0.2, 0.25) is 6.29 Å². The molecule has 0 N–H and O–H groups in total. The van der Waals surface area contributed by atoms with E-state index >= 15 is 0 Å². The van der Waals surface area contributed by atoms with Crippen LogP contribution in [0.1, 0.15) is 6.92 Å². The molecule has 80 valence electrons. The molecule has 0 bridgehead atoms. The van der Waals surface area contributed by atoms with Crippen molar-refractivity contribution in [3.05, 3.63) is 30.3 Å². The summed E-state index contributed by atoms with van der Waals surface area (Å²) >= 11 is 0. The summed E-state index contributed by atoms with van der Waals surface area (Å²) in [5.74, 6) is -0.310. The molecule has 0 saturated carbocycles. The van der Waals surface area contributed by atoms with Gasteiger partial charge in [-0.1, -0.05) is 18.2 Å². The second kappa shape index (κ2) is 4.31. The van der Waals surface area contributed by atoms with E-state index in [-0.39, 0.29) is 5.97 Å². The fourth-order valence-corrected chi connectivity index (χ4v) is 1.53. The Hall–Kier alpha value is -1.55. The molecule has 1 aliphatic heterocycles. The van der Waals surface area contributed by atoms with Gasteiger partial charge in [-0.2, -0.15) is 0 Å².